The van der Waals surface area contributed by atoms with E-state index in [1.54, 1.807) is 0 Å². The average Bonchev–Trinajstić information content (AvgIpc) is 2.66. The van der Waals surface area contributed by atoms with Gasteiger partial charge in [-0.1, -0.05) is 79.2 Å². The Morgan fingerprint density at radius 3 is 2.14 bits per heavy atom. The van der Waals surface area contributed by atoms with Crippen molar-refractivity contribution in [3.63, 3.8) is 0 Å². The van der Waals surface area contributed by atoms with Crippen LogP contribution in [0.2, 0.25) is 0 Å². The Morgan fingerprint density at radius 1 is 1.04 bits per heavy atom. The highest BCUT2D eigenvalue weighted by atomic mass is 16.6. The number of benzene rings is 2. The molecule has 2 unspecified atom stereocenters. The summed E-state index contributed by atoms with van der Waals surface area (Å²) in [4.78, 5) is 15.0. The standard InChI is InChI=1S/C25H33NO2/c1-20(2)16-17-24(27)28-25(21(3)19-26(4)5,23-14-10-7-11-15-23)18-22-12-8-6-9-13-22/h6-16,21H,17-19H2,1-5H3. The Labute approximate surface area is 170 Å². The monoisotopic (exact) mass is 379 g/mol. The third kappa shape index (κ3) is 6.07. The fraction of sp³-hybridized carbons (Fsp3) is 0.400. The quantitative estimate of drug-likeness (QED) is 0.442. The molecule has 0 aliphatic carbocycles. The molecule has 3 heteroatoms. The van der Waals surface area contributed by atoms with Gasteiger partial charge >= 0.3 is 5.97 Å². The topological polar surface area (TPSA) is 29.5 Å². The molecular weight excluding hydrogens is 346 g/mol. The van der Waals surface area contributed by atoms with Crippen molar-refractivity contribution < 1.29 is 9.53 Å². The lowest BCUT2D eigenvalue weighted by molar-refractivity contribution is -0.167. The molecule has 0 aliphatic rings. The predicted octanol–water partition coefficient (Wildman–Crippen LogP) is 5.22. The summed E-state index contributed by atoms with van der Waals surface area (Å²) in [7, 11) is 4.11. The molecule has 0 saturated carbocycles. The van der Waals surface area contributed by atoms with E-state index in [0.717, 1.165) is 23.2 Å². The van der Waals surface area contributed by atoms with Crippen molar-refractivity contribution in [1.82, 2.24) is 4.90 Å². The molecular formula is C25H33NO2. The van der Waals surface area contributed by atoms with Gasteiger partial charge in [0.15, 0.2) is 0 Å². The molecule has 28 heavy (non-hydrogen) atoms. The second-order valence-electron chi connectivity index (χ2n) is 8.04. The number of carbonyl (C=O) groups is 1. The van der Waals surface area contributed by atoms with E-state index in [4.69, 9.17) is 4.74 Å². The van der Waals surface area contributed by atoms with Gasteiger partial charge in [-0.3, -0.25) is 4.79 Å². The summed E-state index contributed by atoms with van der Waals surface area (Å²) < 4.78 is 6.33. The van der Waals surface area contributed by atoms with E-state index in [9.17, 15) is 4.79 Å². The second kappa shape index (κ2) is 10.2. The molecule has 0 aromatic heterocycles. The van der Waals surface area contributed by atoms with Crippen molar-refractivity contribution in [2.24, 2.45) is 5.92 Å². The van der Waals surface area contributed by atoms with Crippen LogP contribution >= 0.6 is 0 Å². The zero-order chi connectivity index (χ0) is 20.6. The highest BCUT2D eigenvalue weighted by molar-refractivity contribution is 5.72. The normalized spacial score (nSPS) is 14.2. The van der Waals surface area contributed by atoms with E-state index in [1.807, 2.05) is 56.3 Å². The Kier molecular flexibility index (Phi) is 8.01. The summed E-state index contributed by atoms with van der Waals surface area (Å²) in [5.74, 6) is -0.0765. The summed E-state index contributed by atoms with van der Waals surface area (Å²) in [6.07, 6.45) is 2.87. The third-order valence-corrected chi connectivity index (χ3v) is 4.98. The van der Waals surface area contributed by atoms with Crippen molar-refractivity contribution >= 4 is 5.97 Å². The number of ether oxygens (including phenoxy) is 1. The average molecular weight is 380 g/mol. The van der Waals surface area contributed by atoms with Gasteiger partial charge in [0.25, 0.3) is 0 Å². The van der Waals surface area contributed by atoms with E-state index in [-0.39, 0.29) is 11.9 Å². The van der Waals surface area contributed by atoms with E-state index in [2.05, 4.69) is 50.2 Å². The minimum atomic E-state index is -0.723. The maximum Gasteiger partial charge on any atom is 0.310 e. The molecule has 2 aromatic rings. The second-order valence-corrected chi connectivity index (χ2v) is 8.04. The zero-order valence-corrected chi connectivity index (χ0v) is 17.8. The van der Waals surface area contributed by atoms with E-state index in [0.29, 0.717) is 12.8 Å². The SMILES string of the molecule is CC(C)=CCC(=O)OC(Cc1ccccc1)(c1ccccc1)C(C)CN(C)C. The van der Waals surface area contributed by atoms with Crippen molar-refractivity contribution in [2.75, 3.05) is 20.6 Å². The predicted molar refractivity (Wildman–Crippen MR) is 116 cm³/mol. The van der Waals surface area contributed by atoms with Crippen LogP contribution in [0, 0.1) is 5.92 Å². The highest BCUT2D eigenvalue weighted by Crippen LogP contribution is 2.38. The molecule has 0 heterocycles. The molecule has 0 saturated heterocycles. The van der Waals surface area contributed by atoms with Gasteiger partial charge in [0, 0.05) is 18.9 Å². The van der Waals surface area contributed by atoms with E-state index >= 15 is 0 Å². The lowest BCUT2D eigenvalue weighted by atomic mass is 9.77. The first-order valence-corrected chi connectivity index (χ1v) is 9.93. The van der Waals surface area contributed by atoms with E-state index < -0.39 is 5.60 Å². The number of allylic oxidation sites excluding steroid dienone is 1. The van der Waals surface area contributed by atoms with Crippen LogP contribution in [-0.4, -0.2) is 31.5 Å². The number of carbonyl (C=O) groups excluding carboxylic acids is 1. The molecule has 0 amide bonds. The molecule has 150 valence electrons. The van der Waals surface area contributed by atoms with Crippen LogP contribution in [0.1, 0.15) is 38.3 Å². The molecule has 0 spiro atoms. The maximum atomic E-state index is 12.8. The number of nitrogens with zero attached hydrogens (tertiary/aromatic N) is 1. The van der Waals surface area contributed by atoms with Gasteiger partial charge in [-0.05, 0) is 39.1 Å². The van der Waals surface area contributed by atoms with Crippen molar-refractivity contribution in [1.29, 1.82) is 0 Å². The lowest BCUT2D eigenvalue weighted by Gasteiger charge is -2.40. The van der Waals surface area contributed by atoms with Crippen LogP contribution in [0.3, 0.4) is 0 Å². The lowest BCUT2D eigenvalue weighted by Crippen LogP contribution is -2.44. The zero-order valence-electron chi connectivity index (χ0n) is 17.8. The summed E-state index contributed by atoms with van der Waals surface area (Å²) in [6.45, 7) is 6.98. The summed E-state index contributed by atoms with van der Waals surface area (Å²) in [5, 5.41) is 0. The van der Waals surface area contributed by atoms with Gasteiger partial charge in [0.2, 0.25) is 0 Å². The maximum absolute atomic E-state index is 12.8. The molecule has 2 rings (SSSR count). The van der Waals surface area contributed by atoms with Gasteiger partial charge in [0.05, 0.1) is 6.42 Å². The first-order valence-electron chi connectivity index (χ1n) is 9.93. The van der Waals surface area contributed by atoms with Crippen molar-refractivity contribution in [3.8, 4) is 0 Å². The third-order valence-electron chi connectivity index (χ3n) is 4.98. The van der Waals surface area contributed by atoms with Crippen LogP contribution in [0.25, 0.3) is 0 Å². The van der Waals surface area contributed by atoms with Crippen LogP contribution < -0.4 is 0 Å². The van der Waals surface area contributed by atoms with Crippen LogP contribution in [0.4, 0.5) is 0 Å². The minimum absolute atomic E-state index is 0.112. The van der Waals surface area contributed by atoms with Crippen LogP contribution in [-0.2, 0) is 21.6 Å². The Morgan fingerprint density at radius 2 is 1.61 bits per heavy atom. The largest absolute Gasteiger partial charge is 0.453 e. The van der Waals surface area contributed by atoms with Gasteiger partial charge < -0.3 is 9.64 Å². The van der Waals surface area contributed by atoms with Crippen molar-refractivity contribution in [3.05, 3.63) is 83.4 Å². The van der Waals surface area contributed by atoms with Crippen LogP contribution in [0.5, 0.6) is 0 Å². The molecule has 3 nitrogen and oxygen atoms in total. The molecule has 0 N–H and O–H groups in total. The van der Waals surface area contributed by atoms with Gasteiger partial charge in [-0.2, -0.15) is 0 Å². The number of hydrogen-bond acceptors (Lipinski definition) is 3. The fourth-order valence-corrected chi connectivity index (χ4v) is 3.60. The Bertz CT molecular complexity index is 764. The highest BCUT2D eigenvalue weighted by Gasteiger charge is 2.42. The minimum Gasteiger partial charge on any atom is -0.453 e. The van der Waals surface area contributed by atoms with Gasteiger partial charge in [0.1, 0.15) is 5.60 Å². The number of rotatable bonds is 9. The van der Waals surface area contributed by atoms with E-state index in [1.165, 1.54) is 0 Å². The summed E-state index contributed by atoms with van der Waals surface area (Å²) in [5.41, 5.74) is 2.59. The molecule has 0 bridgehead atoms. The number of esters is 1. The summed E-state index contributed by atoms with van der Waals surface area (Å²) in [6, 6.07) is 20.5. The Balaban J connectivity index is 2.50. The smallest absolute Gasteiger partial charge is 0.310 e. The molecule has 0 radical (unpaired) electrons. The number of hydrogen-bond donors (Lipinski definition) is 0. The van der Waals surface area contributed by atoms with Crippen LogP contribution in [0.15, 0.2) is 72.3 Å². The summed E-state index contributed by atoms with van der Waals surface area (Å²) >= 11 is 0. The van der Waals surface area contributed by atoms with Gasteiger partial charge in [-0.15, -0.1) is 0 Å². The van der Waals surface area contributed by atoms with Gasteiger partial charge in [-0.25, -0.2) is 0 Å². The Hall–Kier alpha value is -2.39. The van der Waals surface area contributed by atoms with Crippen molar-refractivity contribution in [2.45, 2.75) is 39.2 Å². The first-order chi connectivity index (χ1) is 13.3. The fourth-order valence-electron chi connectivity index (χ4n) is 3.60. The molecule has 0 aliphatic heterocycles. The molecule has 2 aromatic carbocycles. The molecule has 2 atom stereocenters. The first kappa shape index (κ1) is 21.9. The molecule has 0 fully saturated rings.